The van der Waals surface area contributed by atoms with Gasteiger partial charge in [0.05, 0.1) is 30.8 Å². The number of carbonyl (C=O) groups excluding carboxylic acids is 1. The van der Waals surface area contributed by atoms with Gasteiger partial charge >= 0.3 is 12.1 Å². The smallest absolute Gasteiger partial charge is 0.410 e. The molecule has 3 aliphatic heterocycles. The summed E-state index contributed by atoms with van der Waals surface area (Å²) in [6, 6.07) is 22.1. The topological polar surface area (TPSA) is 98.1 Å². The van der Waals surface area contributed by atoms with Crippen molar-refractivity contribution in [3.8, 4) is 12.1 Å². The van der Waals surface area contributed by atoms with E-state index >= 15 is 0 Å². The van der Waals surface area contributed by atoms with Gasteiger partial charge in [0.25, 0.3) is 0 Å². The van der Waals surface area contributed by atoms with Crippen molar-refractivity contribution >= 4 is 28.4 Å². The molecule has 4 heterocycles. The third kappa shape index (κ3) is 6.60. The van der Waals surface area contributed by atoms with Crippen molar-refractivity contribution in [2.75, 3.05) is 56.1 Å². The summed E-state index contributed by atoms with van der Waals surface area (Å²) in [6.07, 6.45) is 1.59. The van der Waals surface area contributed by atoms with Crippen molar-refractivity contribution in [3.63, 3.8) is 0 Å². The number of amides is 1. The molecule has 0 spiro atoms. The Labute approximate surface area is 290 Å². The highest BCUT2D eigenvalue weighted by atomic mass is 16.6. The summed E-state index contributed by atoms with van der Waals surface area (Å²) in [6.45, 7) is -1.87. The molecule has 10 heteroatoms. The van der Waals surface area contributed by atoms with E-state index < -0.39 is 26.0 Å². The second kappa shape index (κ2) is 14.1. The molecule has 1 amide bonds. The van der Waals surface area contributed by atoms with Crippen molar-refractivity contribution in [3.05, 3.63) is 89.1 Å². The van der Waals surface area contributed by atoms with E-state index in [9.17, 15) is 10.1 Å². The van der Waals surface area contributed by atoms with E-state index in [1.807, 2.05) is 54.6 Å². The van der Waals surface area contributed by atoms with Gasteiger partial charge in [-0.25, -0.2) is 4.79 Å². The number of nitrogens with zero attached hydrogens (tertiary/aromatic N) is 7. The van der Waals surface area contributed by atoms with Gasteiger partial charge < -0.3 is 29.1 Å². The average Bonchev–Trinajstić information content (AvgIpc) is 3.65. The van der Waals surface area contributed by atoms with Crippen LogP contribution in [0.2, 0.25) is 0 Å². The molecule has 2 saturated heterocycles. The maximum atomic E-state index is 13.3. The number of anilines is 2. The van der Waals surface area contributed by atoms with Crippen LogP contribution in [0.1, 0.15) is 49.9 Å². The van der Waals surface area contributed by atoms with Gasteiger partial charge in [0.2, 0.25) is 0 Å². The maximum Gasteiger partial charge on any atom is 0.410 e. The van der Waals surface area contributed by atoms with Crippen LogP contribution < -0.4 is 14.5 Å². The second-order valence-electron chi connectivity index (χ2n) is 12.6. The number of likely N-dealkylation sites (N-methyl/N-ethyl adjacent to an activating group) is 1. The molecular weight excluding hydrogens is 602 g/mol. The van der Waals surface area contributed by atoms with Crippen LogP contribution >= 0.6 is 0 Å². The van der Waals surface area contributed by atoms with Crippen LogP contribution in [0.15, 0.2) is 66.7 Å². The van der Waals surface area contributed by atoms with Crippen molar-refractivity contribution in [2.24, 2.45) is 0 Å². The number of hydrogen-bond acceptors (Lipinski definition) is 9. The lowest BCUT2D eigenvalue weighted by molar-refractivity contribution is 0.0767. The minimum absolute atomic E-state index is 0.0981. The van der Waals surface area contributed by atoms with Crippen molar-refractivity contribution in [1.29, 1.82) is 5.26 Å². The van der Waals surface area contributed by atoms with Gasteiger partial charge in [0, 0.05) is 57.1 Å². The fourth-order valence-corrected chi connectivity index (χ4v) is 7.06. The lowest BCUT2D eigenvalue weighted by atomic mass is 9.99. The Bertz CT molecular complexity index is 2020. The molecule has 4 aromatic rings. The largest absolute Gasteiger partial charge is 0.462 e. The SMILES string of the molecule is [2H]C([2H])([2H])c1cccc2cccc(N3CCc4c(nc(OC[C@@H]5CCCN5C([2H])([2H])[2H])nc4N4CCN(C(=O)OCc5ccccc5)[C@@H](CC#N)C4)C3)c12. The zero-order chi connectivity index (χ0) is 38.0. The molecular formula is C38H43N7O3. The zero-order valence-corrected chi connectivity index (χ0v) is 26.8. The van der Waals surface area contributed by atoms with Gasteiger partial charge in [-0.05, 0) is 62.2 Å². The summed E-state index contributed by atoms with van der Waals surface area (Å²) in [5, 5.41) is 11.3. The van der Waals surface area contributed by atoms with E-state index in [0.717, 1.165) is 28.6 Å². The fraction of sp³-hybridized carbons (Fsp3) is 0.421. The number of aryl methyl sites for hydroxylation is 1. The normalized spacial score (nSPS) is 22.0. The number of likely N-dealkylation sites (tertiary alicyclic amines) is 1. The highest BCUT2D eigenvalue weighted by Gasteiger charge is 2.35. The molecule has 0 aliphatic carbocycles. The number of nitriles is 1. The maximum absolute atomic E-state index is 13.3. The molecule has 0 saturated carbocycles. The van der Waals surface area contributed by atoms with Gasteiger partial charge in [-0.3, -0.25) is 0 Å². The summed E-state index contributed by atoms with van der Waals surface area (Å²) < 4.78 is 60.6. The van der Waals surface area contributed by atoms with E-state index in [1.54, 1.807) is 17.0 Å². The molecule has 48 heavy (non-hydrogen) atoms. The minimum Gasteiger partial charge on any atom is -0.462 e. The first-order valence-electron chi connectivity index (χ1n) is 19.6. The fourth-order valence-electron chi connectivity index (χ4n) is 7.06. The minimum atomic E-state index is -2.31. The third-order valence-corrected chi connectivity index (χ3v) is 9.58. The number of ether oxygens (including phenoxy) is 2. The number of rotatable bonds is 8. The van der Waals surface area contributed by atoms with Crippen LogP contribution in [0.4, 0.5) is 16.3 Å². The van der Waals surface area contributed by atoms with E-state index in [-0.39, 0.29) is 37.3 Å². The first-order valence-corrected chi connectivity index (χ1v) is 16.6. The van der Waals surface area contributed by atoms with E-state index in [0.29, 0.717) is 69.0 Å². The molecule has 10 nitrogen and oxygen atoms in total. The van der Waals surface area contributed by atoms with Crippen LogP contribution in [0.3, 0.4) is 0 Å². The Morgan fingerprint density at radius 3 is 2.71 bits per heavy atom. The highest BCUT2D eigenvalue weighted by Crippen LogP contribution is 2.36. The Morgan fingerprint density at radius 2 is 1.88 bits per heavy atom. The molecule has 3 aliphatic rings. The summed E-state index contributed by atoms with van der Waals surface area (Å²) in [5.41, 5.74) is 3.57. The number of hydrogen-bond donors (Lipinski definition) is 0. The first kappa shape index (κ1) is 25.2. The van der Waals surface area contributed by atoms with Crippen LogP contribution in [-0.4, -0.2) is 84.3 Å². The second-order valence-corrected chi connectivity index (χ2v) is 12.6. The zero-order valence-electron chi connectivity index (χ0n) is 32.8. The number of carbonyl (C=O) groups is 1. The molecule has 0 bridgehead atoms. The van der Waals surface area contributed by atoms with Gasteiger partial charge in [0.1, 0.15) is 19.0 Å². The lowest BCUT2D eigenvalue weighted by Gasteiger charge is -2.42. The number of benzene rings is 3. The number of fused-ring (bicyclic) bond motifs is 2. The first-order chi connectivity index (χ1) is 25.9. The summed E-state index contributed by atoms with van der Waals surface area (Å²) in [4.78, 5) is 30.4. The Hall–Kier alpha value is -4.88. The van der Waals surface area contributed by atoms with Crippen LogP contribution in [-0.2, 0) is 24.3 Å². The molecule has 248 valence electrons. The molecule has 2 fully saturated rings. The molecule has 2 atom stereocenters. The van der Waals surface area contributed by atoms with Gasteiger partial charge in [-0.15, -0.1) is 0 Å². The quantitative estimate of drug-likeness (QED) is 0.237. The summed E-state index contributed by atoms with van der Waals surface area (Å²) in [5.74, 6) is 0.648. The molecule has 1 aromatic heterocycles. The van der Waals surface area contributed by atoms with Gasteiger partial charge in [0.15, 0.2) is 0 Å². The molecule has 0 unspecified atom stereocenters. The van der Waals surface area contributed by atoms with Crippen molar-refractivity contribution in [1.82, 2.24) is 19.8 Å². The Morgan fingerprint density at radius 1 is 1.00 bits per heavy atom. The molecule has 0 N–H and O–H groups in total. The van der Waals surface area contributed by atoms with E-state index in [2.05, 4.69) is 15.9 Å². The Kier molecular flexibility index (Phi) is 7.39. The van der Waals surface area contributed by atoms with E-state index in [1.165, 1.54) is 4.90 Å². The van der Waals surface area contributed by atoms with E-state index in [4.69, 9.17) is 27.7 Å². The number of piperazine rings is 1. The lowest BCUT2D eigenvalue weighted by Crippen LogP contribution is -2.55. The van der Waals surface area contributed by atoms with Crippen molar-refractivity contribution < 1.29 is 22.5 Å². The molecule has 3 aromatic carbocycles. The third-order valence-electron chi connectivity index (χ3n) is 9.58. The Balaban J connectivity index is 1.19. The summed E-state index contributed by atoms with van der Waals surface area (Å²) in [7, 11) is 0. The standard InChI is InChI=1S/C38H43N7O3/c1-27-9-6-12-29-13-7-15-34(35(27)29)43-20-17-32-33(24-43)40-37(47-26-31-14-8-19-42(31)2)41-36(32)44-21-22-45(30(23-44)16-18-39)38(46)48-25-28-10-4-3-5-11-28/h3-7,9-13,15,30-31H,8,14,16-17,19-26H2,1-2H3/t30-,31-/m0/s1/i1D3,2D3. The van der Waals surface area contributed by atoms with Crippen LogP contribution in [0.25, 0.3) is 10.8 Å². The average molecular weight is 652 g/mol. The van der Waals surface area contributed by atoms with Crippen LogP contribution in [0, 0.1) is 18.2 Å². The predicted octanol–water partition coefficient (Wildman–Crippen LogP) is 5.72. The predicted molar refractivity (Wildman–Crippen MR) is 186 cm³/mol. The van der Waals surface area contributed by atoms with Crippen LogP contribution in [0.5, 0.6) is 6.01 Å². The molecule has 0 radical (unpaired) electrons. The van der Waals surface area contributed by atoms with Crippen molar-refractivity contribution in [2.45, 2.75) is 57.8 Å². The van der Waals surface area contributed by atoms with Gasteiger partial charge in [-0.1, -0.05) is 60.7 Å². The monoisotopic (exact) mass is 651 g/mol. The van der Waals surface area contributed by atoms with Gasteiger partial charge in [-0.2, -0.15) is 15.2 Å². The summed E-state index contributed by atoms with van der Waals surface area (Å²) >= 11 is 0. The molecule has 7 rings (SSSR count). The highest BCUT2D eigenvalue weighted by molar-refractivity contribution is 5.97. The number of aromatic nitrogens is 2.